The Kier molecular flexibility index (Phi) is 2.62. The number of aromatic nitrogens is 1. The molecule has 0 N–H and O–H groups in total. The van der Waals surface area contributed by atoms with Gasteiger partial charge >= 0.3 is 0 Å². The monoisotopic (exact) mass is 199 g/mol. The van der Waals surface area contributed by atoms with E-state index < -0.39 is 0 Å². The molecule has 0 spiro atoms. The maximum atomic E-state index is 4.16. The topological polar surface area (TPSA) is 12.9 Å². The van der Waals surface area contributed by atoms with E-state index in [0.717, 1.165) is 11.1 Å². The first-order valence-corrected chi connectivity index (χ1v) is 5.20. The van der Waals surface area contributed by atoms with Crippen LogP contribution in [0.2, 0.25) is 0 Å². The van der Waals surface area contributed by atoms with Gasteiger partial charge in [0.05, 0.1) is 0 Å². The van der Waals surface area contributed by atoms with Crippen LogP contribution in [0, 0.1) is 11.8 Å². The van der Waals surface area contributed by atoms with E-state index in [1.165, 1.54) is 4.88 Å². The van der Waals surface area contributed by atoms with Crippen molar-refractivity contribution in [3.8, 4) is 22.3 Å². The molecule has 0 aliphatic heterocycles. The molecule has 2 rings (SSSR count). The molecule has 1 nitrogen and oxygen atoms in total. The molecule has 2 heterocycles. The van der Waals surface area contributed by atoms with Crippen LogP contribution < -0.4 is 0 Å². The van der Waals surface area contributed by atoms with Crippen LogP contribution in [0.1, 0.15) is 12.5 Å². The summed E-state index contributed by atoms with van der Waals surface area (Å²) in [7, 11) is 0. The molecule has 0 radical (unpaired) electrons. The molecule has 2 heteroatoms. The van der Waals surface area contributed by atoms with Gasteiger partial charge in [0, 0.05) is 28.4 Å². The molecule has 2 aromatic heterocycles. The van der Waals surface area contributed by atoms with Gasteiger partial charge in [0.25, 0.3) is 0 Å². The van der Waals surface area contributed by atoms with Crippen molar-refractivity contribution in [3.05, 3.63) is 41.5 Å². The molecule has 0 aliphatic carbocycles. The lowest BCUT2D eigenvalue weighted by atomic mass is 10.2. The fraction of sp³-hybridized carbons (Fsp3) is 0.0833. The summed E-state index contributed by atoms with van der Waals surface area (Å²) in [6, 6.07) is 6.19. The van der Waals surface area contributed by atoms with Gasteiger partial charge in [0.2, 0.25) is 0 Å². The molecular weight excluding hydrogens is 190 g/mol. The number of thiophene rings is 1. The molecule has 0 unspecified atom stereocenters. The van der Waals surface area contributed by atoms with Crippen molar-refractivity contribution < 1.29 is 0 Å². The van der Waals surface area contributed by atoms with Crippen molar-refractivity contribution >= 4 is 11.3 Å². The Bertz CT molecular complexity index is 475. The molecule has 0 fully saturated rings. The van der Waals surface area contributed by atoms with Gasteiger partial charge in [-0.3, -0.25) is 4.98 Å². The molecule has 14 heavy (non-hydrogen) atoms. The molecule has 0 atom stereocenters. The Morgan fingerprint density at radius 2 is 2.29 bits per heavy atom. The maximum Gasteiger partial charge on any atom is 0.0435 e. The normalized spacial score (nSPS) is 9.21. The third-order valence-electron chi connectivity index (χ3n) is 1.81. The zero-order valence-corrected chi connectivity index (χ0v) is 8.64. The van der Waals surface area contributed by atoms with Crippen LogP contribution in [0.4, 0.5) is 0 Å². The molecule has 0 saturated heterocycles. The van der Waals surface area contributed by atoms with Crippen molar-refractivity contribution in [2.45, 2.75) is 6.92 Å². The zero-order chi connectivity index (χ0) is 9.80. The van der Waals surface area contributed by atoms with Crippen molar-refractivity contribution in [2.75, 3.05) is 0 Å². The summed E-state index contributed by atoms with van der Waals surface area (Å²) in [5, 5.41) is 2.06. The molecule has 0 aromatic carbocycles. The van der Waals surface area contributed by atoms with Gasteiger partial charge in [0.1, 0.15) is 0 Å². The second-order valence-corrected chi connectivity index (χ2v) is 3.76. The van der Waals surface area contributed by atoms with E-state index in [1.54, 1.807) is 17.5 Å². The van der Waals surface area contributed by atoms with Crippen LogP contribution in [0.3, 0.4) is 0 Å². The molecule has 0 aliphatic rings. The van der Waals surface area contributed by atoms with Gasteiger partial charge < -0.3 is 0 Å². The predicted molar refractivity (Wildman–Crippen MR) is 60.1 cm³/mol. The van der Waals surface area contributed by atoms with E-state index in [2.05, 4.69) is 34.3 Å². The van der Waals surface area contributed by atoms with Crippen LogP contribution in [0.5, 0.6) is 0 Å². The Balaban J connectivity index is 2.44. The molecule has 0 saturated carbocycles. The highest BCUT2D eigenvalue weighted by Gasteiger charge is 1.98. The van der Waals surface area contributed by atoms with Crippen LogP contribution >= 0.6 is 11.3 Å². The van der Waals surface area contributed by atoms with Gasteiger partial charge in [0.15, 0.2) is 0 Å². The number of hydrogen-bond acceptors (Lipinski definition) is 2. The van der Waals surface area contributed by atoms with E-state index in [9.17, 15) is 0 Å². The van der Waals surface area contributed by atoms with Gasteiger partial charge in [-0.15, -0.1) is 17.3 Å². The zero-order valence-electron chi connectivity index (χ0n) is 7.82. The Labute approximate surface area is 87.4 Å². The first kappa shape index (κ1) is 8.98. The predicted octanol–water partition coefficient (Wildman–Crippen LogP) is 3.18. The largest absolute Gasteiger partial charge is 0.263 e. The van der Waals surface area contributed by atoms with E-state index in [0.29, 0.717) is 0 Å². The van der Waals surface area contributed by atoms with Crippen molar-refractivity contribution in [2.24, 2.45) is 0 Å². The highest BCUT2D eigenvalue weighted by molar-refractivity contribution is 7.13. The van der Waals surface area contributed by atoms with Crippen LogP contribution in [0.15, 0.2) is 36.0 Å². The van der Waals surface area contributed by atoms with Crippen LogP contribution in [-0.4, -0.2) is 4.98 Å². The summed E-state index contributed by atoms with van der Waals surface area (Å²) in [6.45, 7) is 1.83. The lowest BCUT2D eigenvalue weighted by molar-refractivity contribution is 1.32. The fourth-order valence-electron chi connectivity index (χ4n) is 1.23. The van der Waals surface area contributed by atoms with E-state index in [1.807, 2.05) is 19.2 Å². The minimum atomic E-state index is 0.971. The standard InChI is InChI=1S/C12H9NS/c1-2-4-10-7-11(9-13-8-10)12-5-3-6-14-12/h3,5-9H,1H3. The third kappa shape index (κ3) is 1.84. The minimum absolute atomic E-state index is 0.971. The Morgan fingerprint density at radius 3 is 3.00 bits per heavy atom. The number of rotatable bonds is 1. The highest BCUT2D eigenvalue weighted by Crippen LogP contribution is 2.23. The Hall–Kier alpha value is -1.59. The van der Waals surface area contributed by atoms with Gasteiger partial charge in [-0.25, -0.2) is 0 Å². The molecule has 2 aromatic rings. The van der Waals surface area contributed by atoms with Crippen LogP contribution in [0.25, 0.3) is 10.4 Å². The van der Waals surface area contributed by atoms with E-state index in [-0.39, 0.29) is 0 Å². The first-order chi connectivity index (χ1) is 6.90. The SMILES string of the molecule is CC#Cc1cncc(-c2cccs2)c1. The lowest BCUT2D eigenvalue weighted by Gasteiger charge is -1.96. The number of hydrogen-bond donors (Lipinski definition) is 0. The molecular formula is C12H9NS. The molecule has 68 valence electrons. The average Bonchev–Trinajstić information content (AvgIpc) is 2.71. The van der Waals surface area contributed by atoms with Crippen molar-refractivity contribution in [1.82, 2.24) is 4.98 Å². The lowest BCUT2D eigenvalue weighted by Crippen LogP contribution is -1.80. The molecule has 0 bridgehead atoms. The highest BCUT2D eigenvalue weighted by atomic mass is 32.1. The average molecular weight is 199 g/mol. The van der Waals surface area contributed by atoms with Gasteiger partial charge in [-0.05, 0) is 24.4 Å². The second kappa shape index (κ2) is 4.08. The smallest absolute Gasteiger partial charge is 0.0435 e. The van der Waals surface area contributed by atoms with E-state index >= 15 is 0 Å². The fourth-order valence-corrected chi connectivity index (χ4v) is 1.94. The van der Waals surface area contributed by atoms with E-state index in [4.69, 9.17) is 0 Å². The maximum absolute atomic E-state index is 4.16. The van der Waals surface area contributed by atoms with Crippen LogP contribution in [-0.2, 0) is 0 Å². The minimum Gasteiger partial charge on any atom is -0.263 e. The first-order valence-electron chi connectivity index (χ1n) is 4.32. The van der Waals surface area contributed by atoms with Gasteiger partial charge in [-0.2, -0.15) is 0 Å². The summed E-state index contributed by atoms with van der Waals surface area (Å²) < 4.78 is 0. The van der Waals surface area contributed by atoms with Crippen molar-refractivity contribution in [1.29, 1.82) is 0 Å². The number of pyridine rings is 1. The third-order valence-corrected chi connectivity index (χ3v) is 2.73. The summed E-state index contributed by atoms with van der Waals surface area (Å²) >= 11 is 1.71. The van der Waals surface area contributed by atoms with Gasteiger partial charge in [-0.1, -0.05) is 12.0 Å². The Morgan fingerprint density at radius 1 is 1.36 bits per heavy atom. The summed E-state index contributed by atoms with van der Waals surface area (Å²) in [6.07, 6.45) is 3.65. The quantitative estimate of drug-likeness (QED) is 0.643. The molecule has 0 amide bonds. The summed E-state index contributed by atoms with van der Waals surface area (Å²) in [5.74, 6) is 5.87. The second-order valence-electron chi connectivity index (χ2n) is 2.81. The number of nitrogens with zero attached hydrogens (tertiary/aromatic N) is 1. The summed E-state index contributed by atoms with van der Waals surface area (Å²) in [5.41, 5.74) is 2.11. The summed E-state index contributed by atoms with van der Waals surface area (Å²) in [4.78, 5) is 5.40. The van der Waals surface area contributed by atoms with Crippen molar-refractivity contribution in [3.63, 3.8) is 0 Å².